The predicted molar refractivity (Wildman–Crippen MR) is 76.5 cm³/mol. The van der Waals surface area contributed by atoms with Crippen molar-refractivity contribution in [2.24, 2.45) is 0 Å². The molecular weight excluding hydrogens is 349 g/mol. The number of methoxy groups -OCH3 is 1. The van der Waals surface area contributed by atoms with Crippen LogP contribution in [0.25, 0.3) is 0 Å². The van der Waals surface area contributed by atoms with Gasteiger partial charge in [0.05, 0.1) is 12.7 Å². The van der Waals surface area contributed by atoms with E-state index in [4.69, 9.17) is 9.47 Å². The summed E-state index contributed by atoms with van der Waals surface area (Å²) in [6.45, 7) is 0.138. The normalized spacial score (nSPS) is 11.3. The minimum atomic E-state index is -4.38. The van der Waals surface area contributed by atoms with Crippen molar-refractivity contribution in [2.45, 2.75) is 12.8 Å². The lowest BCUT2D eigenvalue weighted by Gasteiger charge is -2.11. The highest BCUT2D eigenvalue weighted by Crippen LogP contribution is 2.32. The van der Waals surface area contributed by atoms with Crippen molar-refractivity contribution in [2.75, 3.05) is 7.11 Å². The van der Waals surface area contributed by atoms with Crippen molar-refractivity contribution in [1.29, 1.82) is 0 Å². The Morgan fingerprint density at radius 1 is 1.05 bits per heavy atom. The lowest BCUT2D eigenvalue weighted by atomic mass is 10.2. The fourth-order valence-corrected chi connectivity index (χ4v) is 2.07. The van der Waals surface area contributed by atoms with Crippen LogP contribution >= 0.6 is 15.9 Å². The molecule has 0 bridgehead atoms. The zero-order chi connectivity index (χ0) is 15.5. The first-order valence-electron chi connectivity index (χ1n) is 6.02. The van der Waals surface area contributed by atoms with E-state index in [2.05, 4.69) is 15.9 Å². The van der Waals surface area contributed by atoms with Crippen LogP contribution in [-0.4, -0.2) is 7.11 Å². The molecule has 0 amide bonds. The molecule has 0 saturated carbocycles. The van der Waals surface area contributed by atoms with Crippen LogP contribution < -0.4 is 9.47 Å². The summed E-state index contributed by atoms with van der Waals surface area (Å²) in [6, 6.07) is 10.1. The third-order valence-corrected chi connectivity index (χ3v) is 3.58. The molecule has 2 rings (SSSR count). The minimum absolute atomic E-state index is 0.138. The first-order valence-corrected chi connectivity index (χ1v) is 6.82. The van der Waals surface area contributed by atoms with E-state index in [0.29, 0.717) is 5.75 Å². The van der Waals surface area contributed by atoms with Crippen LogP contribution in [0.4, 0.5) is 13.2 Å². The van der Waals surface area contributed by atoms with E-state index < -0.39 is 11.7 Å². The Labute approximate surface area is 128 Å². The minimum Gasteiger partial charge on any atom is -0.497 e. The molecule has 0 saturated heterocycles. The molecule has 0 unspecified atom stereocenters. The molecule has 0 fully saturated rings. The molecule has 6 heteroatoms. The van der Waals surface area contributed by atoms with E-state index in [0.717, 1.165) is 22.2 Å². The molecule has 0 N–H and O–H groups in total. The van der Waals surface area contributed by atoms with Crippen molar-refractivity contribution in [3.8, 4) is 11.5 Å². The van der Waals surface area contributed by atoms with Gasteiger partial charge in [0.15, 0.2) is 0 Å². The molecule has 0 aromatic heterocycles. The lowest BCUT2D eigenvalue weighted by molar-refractivity contribution is -0.137. The Balaban J connectivity index is 2.13. The Hall–Kier alpha value is -1.69. The van der Waals surface area contributed by atoms with Gasteiger partial charge in [-0.1, -0.05) is 22.0 Å². The van der Waals surface area contributed by atoms with Crippen LogP contribution in [-0.2, 0) is 12.8 Å². The maximum atomic E-state index is 12.6. The quantitative estimate of drug-likeness (QED) is 0.758. The van der Waals surface area contributed by atoms with Crippen LogP contribution in [0.3, 0.4) is 0 Å². The summed E-state index contributed by atoms with van der Waals surface area (Å²) in [4.78, 5) is 0. The fraction of sp³-hybridized carbons (Fsp3) is 0.200. The van der Waals surface area contributed by atoms with Crippen LogP contribution in [0.2, 0.25) is 0 Å². The van der Waals surface area contributed by atoms with Gasteiger partial charge in [0, 0.05) is 10.0 Å². The number of hydrogen-bond donors (Lipinski definition) is 0. The zero-order valence-electron chi connectivity index (χ0n) is 11.1. The third kappa shape index (κ3) is 4.14. The zero-order valence-corrected chi connectivity index (χ0v) is 12.7. The molecule has 0 aliphatic heterocycles. The van der Waals surface area contributed by atoms with Crippen LogP contribution in [0, 0.1) is 0 Å². The highest BCUT2D eigenvalue weighted by molar-refractivity contribution is 9.10. The van der Waals surface area contributed by atoms with E-state index >= 15 is 0 Å². The largest absolute Gasteiger partial charge is 0.497 e. The van der Waals surface area contributed by atoms with Crippen LogP contribution in [0.5, 0.6) is 11.5 Å². The van der Waals surface area contributed by atoms with Crippen LogP contribution in [0.15, 0.2) is 46.9 Å². The number of benzene rings is 2. The molecule has 0 atom stereocenters. The molecule has 0 radical (unpaired) electrons. The van der Waals surface area contributed by atoms with Crippen molar-refractivity contribution >= 4 is 15.9 Å². The maximum Gasteiger partial charge on any atom is 0.416 e. The second-order valence-corrected chi connectivity index (χ2v) is 5.13. The van der Waals surface area contributed by atoms with Gasteiger partial charge < -0.3 is 9.47 Å². The molecule has 0 spiro atoms. The monoisotopic (exact) mass is 360 g/mol. The van der Waals surface area contributed by atoms with E-state index in [-0.39, 0.29) is 12.4 Å². The highest BCUT2D eigenvalue weighted by atomic mass is 79.9. The van der Waals surface area contributed by atoms with Gasteiger partial charge in [-0.05, 0) is 36.4 Å². The van der Waals surface area contributed by atoms with Gasteiger partial charge in [0.2, 0.25) is 0 Å². The van der Waals surface area contributed by atoms with Crippen LogP contribution in [0.1, 0.15) is 11.1 Å². The van der Waals surface area contributed by atoms with Crippen molar-refractivity contribution in [1.82, 2.24) is 0 Å². The Morgan fingerprint density at radius 3 is 2.48 bits per heavy atom. The number of rotatable bonds is 4. The van der Waals surface area contributed by atoms with Crippen molar-refractivity contribution in [3.05, 3.63) is 58.1 Å². The van der Waals surface area contributed by atoms with Gasteiger partial charge in [-0.2, -0.15) is 13.2 Å². The first-order chi connectivity index (χ1) is 9.90. The number of ether oxygens (including phenoxy) is 2. The van der Waals surface area contributed by atoms with Gasteiger partial charge in [0.25, 0.3) is 0 Å². The van der Waals surface area contributed by atoms with Gasteiger partial charge in [-0.15, -0.1) is 0 Å². The van der Waals surface area contributed by atoms with Crippen molar-refractivity contribution in [3.63, 3.8) is 0 Å². The van der Waals surface area contributed by atoms with Gasteiger partial charge in [0.1, 0.15) is 18.1 Å². The molecule has 2 nitrogen and oxygen atoms in total. The van der Waals surface area contributed by atoms with Gasteiger partial charge in [-0.3, -0.25) is 0 Å². The SMILES string of the molecule is COc1ccc(Br)c(COc2cccc(C(F)(F)F)c2)c1. The summed E-state index contributed by atoms with van der Waals surface area (Å²) in [6.07, 6.45) is -4.38. The summed E-state index contributed by atoms with van der Waals surface area (Å²) in [5.41, 5.74) is 0.0523. The average molecular weight is 361 g/mol. The predicted octanol–water partition coefficient (Wildman–Crippen LogP) is 5.06. The number of halogens is 4. The average Bonchev–Trinajstić information content (AvgIpc) is 2.46. The first kappa shape index (κ1) is 15.7. The maximum absolute atomic E-state index is 12.6. The Morgan fingerprint density at radius 2 is 1.81 bits per heavy atom. The van der Waals surface area contributed by atoms with Gasteiger partial charge in [-0.25, -0.2) is 0 Å². The second-order valence-electron chi connectivity index (χ2n) is 4.27. The Kier molecular flexibility index (Phi) is 4.77. The summed E-state index contributed by atoms with van der Waals surface area (Å²) in [7, 11) is 1.54. The topological polar surface area (TPSA) is 18.5 Å². The van der Waals surface area contributed by atoms with E-state index in [1.54, 1.807) is 25.3 Å². The summed E-state index contributed by atoms with van der Waals surface area (Å²) in [5, 5.41) is 0. The van der Waals surface area contributed by atoms with E-state index in [9.17, 15) is 13.2 Å². The molecular formula is C15H12BrF3O2. The summed E-state index contributed by atoms with van der Waals surface area (Å²) >= 11 is 3.36. The summed E-state index contributed by atoms with van der Waals surface area (Å²) in [5.74, 6) is 0.820. The molecule has 21 heavy (non-hydrogen) atoms. The highest BCUT2D eigenvalue weighted by Gasteiger charge is 2.30. The number of alkyl halides is 3. The van der Waals surface area contributed by atoms with Crippen molar-refractivity contribution < 1.29 is 22.6 Å². The van der Waals surface area contributed by atoms with Gasteiger partial charge >= 0.3 is 6.18 Å². The fourth-order valence-electron chi connectivity index (χ4n) is 1.71. The molecule has 0 heterocycles. The van der Waals surface area contributed by atoms with E-state index in [1.165, 1.54) is 12.1 Å². The Bertz CT molecular complexity index is 627. The standard InChI is InChI=1S/C15H12BrF3O2/c1-20-12-5-6-14(16)10(7-12)9-21-13-4-2-3-11(8-13)15(17,18)19/h2-8H,9H2,1H3. The molecule has 2 aromatic rings. The molecule has 0 aliphatic carbocycles. The third-order valence-electron chi connectivity index (χ3n) is 2.81. The smallest absolute Gasteiger partial charge is 0.416 e. The second kappa shape index (κ2) is 6.39. The number of hydrogen-bond acceptors (Lipinski definition) is 2. The van der Waals surface area contributed by atoms with E-state index in [1.807, 2.05) is 0 Å². The molecule has 0 aliphatic rings. The molecule has 112 valence electrons. The summed E-state index contributed by atoms with van der Waals surface area (Å²) < 4.78 is 49.2. The molecule has 2 aromatic carbocycles. The lowest BCUT2D eigenvalue weighted by Crippen LogP contribution is -2.05.